The lowest BCUT2D eigenvalue weighted by atomic mass is 9.79. The number of rotatable bonds is 8. The SMILES string of the molecule is CCC1OC12C(O)CC(C(CC(C)C)C(=O)c1cc(C(=O)C(C)C)c(O)cc1O)OC2O. The molecule has 2 aliphatic rings. The van der Waals surface area contributed by atoms with Crippen LogP contribution in [0.25, 0.3) is 0 Å². The molecule has 2 fully saturated rings. The molecule has 0 bridgehead atoms. The number of ketones is 2. The van der Waals surface area contributed by atoms with E-state index in [4.69, 9.17) is 9.47 Å². The molecule has 1 aromatic carbocycles. The summed E-state index contributed by atoms with van der Waals surface area (Å²) in [6, 6.07) is 2.22. The molecule has 2 saturated heterocycles. The van der Waals surface area contributed by atoms with Gasteiger partial charge in [0.15, 0.2) is 23.5 Å². The van der Waals surface area contributed by atoms with Crippen molar-refractivity contribution in [3.05, 3.63) is 23.3 Å². The molecule has 32 heavy (non-hydrogen) atoms. The van der Waals surface area contributed by atoms with Crippen LogP contribution < -0.4 is 0 Å². The monoisotopic (exact) mass is 450 g/mol. The average Bonchev–Trinajstić information content (AvgIpc) is 3.45. The number of carbonyl (C=O) groups excluding carboxylic acids is 2. The lowest BCUT2D eigenvalue weighted by Crippen LogP contribution is -2.55. The van der Waals surface area contributed by atoms with Gasteiger partial charge in [0.2, 0.25) is 0 Å². The molecular weight excluding hydrogens is 416 g/mol. The van der Waals surface area contributed by atoms with E-state index in [0.29, 0.717) is 12.8 Å². The number of ether oxygens (including phenoxy) is 2. The summed E-state index contributed by atoms with van der Waals surface area (Å²) in [5, 5.41) is 41.9. The van der Waals surface area contributed by atoms with Crippen LogP contribution in [0.5, 0.6) is 11.5 Å². The quantitative estimate of drug-likeness (QED) is 0.351. The van der Waals surface area contributed by atoms with Crippen LogP contribution in [0.4, 0.5) is 0 Å². The van der Waals surface area contributed by atoms with Crippen molar-refractivity contribution in [2.45, 2.75) is 84.1 Å². The van der Waals surface area contributed by atoms with Gasteiger partial charge in [0.25, 0.3) is 0 Å². The summed E-state index contributed by atoms with van der Waals surface area (Å²) in [6.07, 6.45) is -2.41. The summed E-state index contributed by atoms with van der Waals surface area (Å²) in [7, 11) is 0. The largest absolute Gasteiger partial charge is 0.507 e. The van der Waals surface area contributed by atoms with Gasteiger partial charge in [-0.2, -0.15) is 0 Å². The summed E-state index contributed by atoms with van der Waals surface area (Å²) in [4.78, 5) is 26.0. The van der Waals surface area contributed by atoms with Gasteiger partial charge in [0.1, 0.15) is 11.5 Å². The van der Waals surface area contributed by atoms with E-state index in [2.05, 4.69) is 0 Å². The second-order valence-corrected chi connectivity index (χ2v) is 9.65. The molecule has 6 atom stereocenters. The highest BCUT2D eigenvalue weighted by Gasteiger charge is 2.68. The number of aliphatic hydroxyl groups is 2. The maximum absolute atomic E-state index is 13.5. The summed E-state index contributed by atoms with van der Waals surface area (Å²) in [6.45, 7) is 9.10. The Balaban J connectivity index is 1.93. The molecule has 0 saturated carbocycles. The highest BCUT2D eigenvalue weighted by atomic mass is 16.7. The minimum Gasteiger partial charge on any atom is -0.507 e. The van der Waals surface area contributed by atoms with Gasteiger partial charge in [-0.1, -0.05) is 34.6 Å². The second-order valence-electron chi connectivity index (χ2n) is 9.65. The van der Waals surface area contributed by atoms with Crippen LogP contribution in [-0.2, 0) is 9.47 Å². The van der Waals surface area contributed by atoms with Gasteiger partial charge in [0, 0.05) is 24.3 Å². The molecule has 178 valence electrons. The Morgan fingerprint density at radius 2 is 1.66 bits per heavy atom. The zero-order valence-electron chi connectivity index (χ0n) is 19.2. The van der Waals surface area contributed by atoms with Gasteiger partial charge in [-0.3, -0.25) is 9.59 Å². The fraction of sp³-hybridized carbons (Fsp3) is 0.667. The Morgan fingerprint density at radius 1 is 1.06 bits per heavy atom. The van der Waals surface area contributed by atoms with E-state index in [1.54, 1.807) is 13.8 Å². The van der Waals surface area contributed by atoms with E-state index in [-0.39, 0.29) is 35.4 Å². The highest BCUT2D eigenvalue weighted by Crippen LogP contribution is 2.50. The van der Waals surface area contributed by atoms with Crippen molar-refractivity contribution >= 4 is 11.6 Å². The fourth-order valence-electron chi connectivity index (χ4n) is 4.70. The van der Waals surface area contributed by atoms with Crippen LogP contribution in [0.15, 0.2) is 12.1 Å². The van der Waals surface area contributed by atoms with Gasteiger partial charge in [-0.15, -0.1) is 0 Å². The zero-order chi connectivity index (χ0) is 24.0. The van der Waals surface area contributed by atoms with Gasteiger partial charge < -0.3 is 29.9 Å². The van der Waals surface area contributed by atoms with Crippen LogP contribution in [0.2, 0.25) is 0 Å². The number of benzene rings is 1. The van der Waals surface area contributed by atoms with Crippen molar-refractivity contribution in [3.63, 3.8) is 0 Å². The number of aliphatic hydroxyl groups excluding tert-OH is 2. The molecule has 6 unspecified atom stereocenters. The Hall–Kier alpha value is -2.00. The summed E-state index contributed by atoms with van der Waals surface area (Å²) in [5.41, 5.74) is -1.29. The lowest BCUT2D eigenvalue weighted by Gasteiger charge is -2.39. The molecule has 0 amide bonds. The molecule has 2 heterocycles. The smallest absolute Gasteiger partial charge is 0.189 e. The maximum Gasteiger partial charge on any atom is 0.189 e. The summed E-state index contributed by atoms with van der Waals surface area (Å²) >= 11 is 0. The van der Waals surface area contributed by atoms with Crippen LogP contribution in [0, 0.1) is 17.8 Å². The minimum absolute atomic E-state index is 0.0369. The minimum atomic E-state index is -1.38. The maximum atomic E-state index is 13.5. The van der Waals surface area contributed by atoms with Crippen molar-refractivity contribution in [2.24, 2.45) is 17.8 Å². The van der Waals surface area contributed by atoms with Crippen LogP contribution in [0.1, 0.15) is 74.6 Å². The third kappa shape index (κ3) is 4.29. The number of phenols is 2. The number of epoxide rings is 1. The van der Waals surface area contributed by atoms with Crippen molar-refractivity contribution in [2.75, 3.05) is 0 Å². The van der Waals surface area contributed by atoms with E-state index < -0.39 is 53.2 Å². The Labute approximate surface area is 188 Å². The fourth-order valence-corrected chi connectivity index (χ4v) is 4.70. The standard InChI is InChI=1S/C24H34O8/c1-6-20-24(32-20)19(27)10-18(31-23(24)30)15(7-11(2)3)22(29)14-8-13(21(28)12(4)5)16(25)9-17(14)26/h8-9,11-12,15,18-20,23,25-27,30H,6-7,10H2,1-5H3. The number of carbonyl (C=O) groups is 2. The predicted octanol–water partition coefficient (Wildman–Crippen LogP) is 2.80. The number of aromatic hydroxyl groups is 2. The number of hydrogen-bond acceptors (Lipinski definition) is 8. The van der Waals surface area contributed by atoms with Crippen molar-refractivity contribution in [1.82, 2.24) is 0 Å². The van der Waals surface area contributed by atoms with Crippen LogP contribution >= 0.6 is 0 Å². The number of hydrogen-bond donors (Lipinski definition) is 4. The van der Waals surface area contributed by atoms with E-state index in [1.165, 1.54) is 6.07 Å². The molecule has 1 aromatic rings. The highest BCUT2D eigenvalue weighted by molar-refractivity contribution is 6.06. The molecule has 3 rings (SSSR count). The van der Waals surface area contributed by atoms with Crippen LogP contribution in [0.3, 0.4) is 0 Å². The molecule has 2 aliphatic heterocycles. The van der Waals surface area contributed by atoms with Gasteiger partial charge >= 0.3 is 0 Å². The molecule has 0 aromatic heterocycles. The Bertz CT molecular complexity index is 865. The summed E-state index contributed by atoms with van der Waals surface area (Å²) < 4.78 is 11.4. The normalized spacial score (nSPS) is 30.7. The molecule has 8 nitrogen and oxygen atoms in total. The van der Waals surface area contributed by atoms with Gasteiger partial charge in [0.05, 0.1) is 29.4 Å². The zero-order valence-corrected chi connectivity index (χ0v) is 19.2. The molecule has 0 radical (unpaired) electrons. The van der Waals surface area contributed by atoms with E-state index in [9.17, 15) is 30.0 Å². The van der Waals surface area contributed by atoms with Crippen molar-refractivity contribution < 1.29 is 39.5 Å². The second kappa shape index (κ2) is 9.09. The summed E-state index contributed by atoms with van der Waals surface area (Å²) in [5.74, 6) is -2.77. The first kappa shape index (κ1) is 24.6. The first-order chi connectivity index (χ1) is 14.9. The van der Waals surface area contributed by atoms with Gasteiger partial charge in [-0.25, -0.2) is 0 Å². The van der Waals surface area contributed by atoms with Gasteiger partial charge in [-0.05, 0) is 24.8 Å². The molecule has 1 spiro atoms. The van der Waals surface area contributed by atoms with Crippen LogP contribution in [-0.4, -0.2) is 62.2 Å². The molecule has 8 heteroatoms. The van der Waals surface area contributed by atoms with E-state index in [1.807, 2.05) is 20.8 Å². The number of Topliss-reactive ketones (excluding diaryl/α,β-unsaturated/α-hetero) is 2. The van der Waals surface area contributed by atoms with Crippen molar-refractivity contribution in [1.29, 1.82) is 0 Å². The third-order valence-electron chi connectivity index (χ3n) is 6.51. The van der Waals surface area contributed by atoms with Crippen molar-refractivity contribution in [3.8, 4) is 11.5 Å². The first-order valence-electron chi connectivity index (χ1n) is 11.3. The Morgan fingerprint density at radius 3 is 2.12 bits per heavy atom. The molecule has 4 N–H and O–H groups in total. The lowest BCUT2D eigenvalue weighted by molar-refractivity contribution is -0.239. The molecular formula is C24H34O8. The topological polar surface area (TPSA) is 137 Å². The average molecular weight is 451 g/mol. The van der Waals surface area contributed by atoms with E-state index >= 15 is 0 Å². The predicted molar refractivity (Wildman–Crippen MR) is 116 cm³/mol. The first-order valence-corrected chi connectivity index (χ1v) is 11.3. The molecule has 0 aliphatic carbocycles. The third-order valence-corrected chi connectivity index (χ3v) is 6.51. The number of phenolic OH excluding ortho intramolecular Hbond substituents is 2. The van der Waals surface area contributed by atoms with E-state index in [0.717, 1.165) is 6.07 Å². The Kier molecular flexibility index (Phi) is 7.00.